The Morgan fingerprint density at radius 3 is 2.43 bits per heavy atom. The minimum Gasteiger partial charge on any atom is -0.492 e. The summed E-state index contributed by atoms with van der Waals surface area (Å²) in [5.74, 6) is 0.0351. The number of carbonyl (C=O) groups is 1. The third-order valence-corrected chi connectivity index (χ3v) is 5.66. The number of anilines is 1. The summed E-state index contributed by atoms with van der Waals surface area (Å²) in [7, 11) is -3.67. The zero-order chi connectivity index (χ0) is 20.9. The van der Waals surface area contributed by atoms with Crippen LogP contribution in [0.5, 0.6) is 5.75 Å². The summed E-state index contributed by atoms with van der Waals surface area (Å²) >= 11 is 0. The molecule has 152 valence electrons. The number of rotatable bonds is 8. The predicted molar refractivity (Wildman–Crippen MR) is 112 cm³/mol. The van der Waals surface area contributed by atoms with Gasteiger partial charge in [0.1, 0.15) is 12.3 Å². The van der Waals surface area contributed by atoms with E-state index in [1.54, 1.807) is 24.3 Å². The van der Waals surface area contributed by atoms with E-state index in [4.69, 9.17) is 4.74 Å². The van der Waals surface area contributed by atoms with Gasteiger partial charge in [-0.3, -0.25) is 9.10 Å². The summed E-state index contributed by atoms with van der Waals surface area (Å²) in [5.41, 5.74) is 3.64. The number of carbonyl (C=O) groups excluding carboxylic acids is 1. The van der Waals surface area contributed by atoms with Crippen molar-refractivity contribution in [2.24, 2.45) is 0 Å². The first-order chi connectivity index (χ1) is 13.1. The first-order valence-electron chi connectivity index (χ1n) is 9.19. The number of nitrogens with one attached hydrogen (secondary N) is 1. The monoisotopic (exact) mass is 404 g/mol. The van der Waals surface area contributed by atoms with Crippen molar-refractivity contribution in [2.45, 2.75) is 33.7 Å². The van der Waals surface area contributed by atoms with Gasteiger partial charge in [0.2, 0.25) is 15.9 Å². The number of benzene rings is 2. The summed E-state index contributed by atoms with van der Waals surface area (Å²) < 4.78 is 31.3. The van der Waals surface area contributed by atoms with Crippen LogP contribution in [0.2, 0.25) is 0 Å². The van der Waals surface area contributed by atoms with Gasteiger partial charge in [0, 0.05) is 0 Å². The summed E-state index contributed by atoms with van der Waals surface area (Å²) in [6.45, 7) is 7.81. The highest BCUT2D eigenvalue weighted by Crippen LogP contribution is 2.29. The Kier molecular flexibility index (Phi) is 7.07. The molecule has 2 rings (SSSR count). The molecule has 7 heteroatoms. The zero-order valence-electron chi connectivity index (χ0n) is 17.0. The number of sulfonamides is 1. The number of hydrogen-bond acceptors (Lipinski definition) is 4. The van der Waals surface area contributed by atoms with E-state index < -0.39 is 10.0 Å². The Balaban J connectivity index is 2.21. The van der Waals surface area contributed by atoms with Gasteiger partial charge in [-0.1, -0.05) is 30.3 Å². The van der Waals surface area contributed by atoms with Crippen molar-refractivity contribution in [3.63, 3.8) is 0 Å². The van der Waals surface area contributed by atoms with Crippen LogP contribution < -0.4 is 14.4 Å². The molecule has 2 aromatic rings. The van der Waals surface area contributed by atoms with Crippen molar-refractivity contribution in [1.82, 2.24) is 5.32 Å². The fourth-order valence-corrected chi connectivity index (χ4v) is 3.72. The molecule has 0 unspecified atom stereocenters. The van der Waals surface area contributed by atoms with Gasteiger partial charge in [-0.05, 0) is 56.5 Å². The summed E-state index contributed by atoms with van der Waals surface area (Å²) in [5, 5.41) is 2.88. The fraction of sp³-hybridized carbons (Fsp3) is 0.381. The number of amides is 1. The van der Waals surface area contributed by atoms with Gasteiger partial charge in [-0.25, -0.2) is 8.42 Å². The molecule has 0 saturated carbocycles. The molecule has 0 saturated heterocycles. The second-order valence-corrected chi connectivity index (χ2v) is 8.71. The van der Waals surface area contributed by atoms with Crippen molar-refractivity contribution >= 4 is 21.6 Å². The van der Waals surface area contributed by atoms with Crippen LogP contribution in [0, 0.1) is 13.8 Å². The predicted octanol–water partition coefficient (Wildman–Crippen LogP) is 3.35. The lowest BCUT2D eigenvalue weighted by molar-refractivity contribution is -0.120. The molecule has 0 aliphatic carbocycles. The Hall–Kier alpha value is -2.54. The number of nitrogens with zero attached hydrogens (tertiary/aromatic N) is 1. The Morgan fingerprint density at radius 2 is 1.82 bits per heavy atom. The molecule has 0 fully saturated rings. The van der Waals surface area contributed by atoms with E-state index in [-0.39, 0.29) is 18.5 Å². The van der Waals surface area contributed by atoms with E-state index >= 15 is 0 Å². The van der Waals surface area contributed by atoms with E-state index in [2.05, 4.69) is 5.32 Å². The standard InChI is InChI=1S/C21H28N2O4S/c1-6-27-20-10-8-7-9-19(20)23(28(5,25)26)14-21(24)22-17(4)18-12-11-15(2)16(3)13-18/h7-13,17H,6,14H2,1-5H3,(H,22,24)/t17-/m0/s1. The van der Waals surface area contributed by atoms with Crippen LogP contribution in [0.4, 0.5) is 5.69 Å². The molecule has 28 heavy (non-hydrogen) atoms. The number of hydrogen-bond donors (Lipinski definition) is 1. The Morgan fingerprint density at radius 1 is 1.14 bits per heavy atom. The van der Waals surface area contributed by atoms with Crippen LogP contribution in [-0.2, 0) is 14.8 Å². The van der Waals surface area contributed by atoms with Gasteiger partial charge in [0.05, 0.1) is 24.6 Å². The molecule has 0 aliphatic heterocycles. The zero-order valence-corrected chi connectivity index (χ0v) is 17.8. The highest BCUT2D eigenvalue weighted by Gasteiger charge is 2.24. The average molecular weight is 405 g/mol. The van der Waals surface area contributed by atoms with Crippen molar-refractivity contribution in [3.8, 4) is 5.75 Å². The molecule has 6 nitrogen and oxygen atoms in total. The van der Waals surface area contributed by atoms with E-state index in [1.807, 2.05) is 45.9 Å². The summed E-state index contributed by atoms with van der Waals surface area (Å²) in [6.07, 6.45) is 1.08. The molecule has 0 radical (unpaired) electrons. The molecule has 0 bridgehead atoms. The molecule has 0 spiro atoms. The van der Waals surface area contributed by atoms with Crippen molar-refractivity contribution in [3.05, 3.63) is 59.2 Å². The van der Waals surface area contributed by atoms with Crippen molar-refractivity contribution in [1.29, 1.82) is 0 Å². The highest BCUT2D eigenvalue weighted by molar-refractivity contribution is 7.92. The first kappa shape index (κ1) is 21.8. The van der Waals surface area contributed by atoms with Crippen LogP contribution >= 0.6 is 0 Å². The number of ether oxygens (including phenoxy) is 1. The molecular weight excluding hydrogens is 376 g/mol. The normalized spacial score (nSPS) is 12.3. The molecule has 1 amide bonds. The average Bonchev–Trinajstić information content (AvgIpc) is 2.62. The molecule has 1 N–H and O–H groups in total. The molecule has 0 heterocycles. The van der Waals surface area contributed by atoms with Crippen LogP contribution in [0.3, 0.4) is 0 Å². The topological polar surface area (TPSA) is 75.7 Å². The second-order valence-electron chi connectivity index (χ2n) is 6.80. The lowest BCUT2D eigenvalue weighted by Crippen LogP contribution is -2.41. The molecule has 0 aliphatic rings. The van der Waals surface area contributed by atoms with Gasteiger partial charge in [-0.2, -0.15) is 0 Å². The smallest absolute Gasteiger partial charge is 0.241 e. The maximum Gasteiger partial charge on any atom is 0.241 e. The number of aryl methyl sites for hydroxylation is 2. The van der Waals surface area contributed by atoms with Crippen LogP contribution in [-0.4, -0.2) is 33.7 Å². The minimum atomic E-state index is -3.67. The fourth-order valence-electron chi connectivity index (χ4n) is 2.86. The maximum atomic E-state index is 12.6. The molecule has 1 atom stereocenters. The minimum absolute atomic E-state index is 0.240. The van der Waals surface area contributed by atoms with Gasteiger partial charge in [0.25, 0.3) is 0 Å². The lowest BCUT2D eigenvalue weighted by Gasteiger charge is -2.25. The van der Waals surface area contributed by atoms with Crippen molar-refractivity contribution < 1.29 is 17.9 Å². The van der Waals surface area contributed by atoms with Gasteiger partial charge >= 0.3 is 0 Å². The van der Waals surface area contributed by atoms with Gasteiger partial charge in [0.15, 0.2) is 0 Å². The summed E-state index contributed by atoms with van der Waals surface area (Å²) in [6, 6.07) is 12.6. The summed E-state index contributed by atoms with van der Waals surface area (Å²) in [4.78, 5) is 12.6. The largest absolute Gasteiger partial charge is 0.492 e. The van der Waals surface area contributed by atoms with Crippen LogP contribution in [0.15, 0.2) is 42.5 Å². The highest BCUT2D eigenvalue weighted by atomic mass is 32.2. The van der Waals surface area contributed by atoms with Crippen LogP contribution in [0.25, 0.3) is 0 Å². The number of para-hydroxylation sites is 2. The van der Waals surface area contributed by atoms with Gasteiger partial charge < -0.3 is 10.1 Å². The molecule has 0 aromatic heterocycles. The molecular formula is C21H28N2O4S. The van der Waals surface area contributed by atoms with E-state index in [0.29, 0.717) is 18.0 Å². The Bertz CT molecular complexity index is 941. The third kappa shape index (κ3) is 5.48. The van der Waals surface area contributed by atoms with E-state index in [9.17, 15) is 13.2 Å². The van der Waals surface area contributed by atoms with Crippen molar-refractivity contribution in [2.75, 3.05) is 23.7 Å². The molecule has 2 aromatic carbocycles. The van der Waals surface area contributed by atoms with Crippen LogP contribution in [0.1, 0.15) is 36.6 Å². The third-order valence-electron chi connectivity index (χ3n) is 4.53. The SMILES string of the molecule is CCOc1ccccc1N(CC(=O)N[C@@H](C)c1ccc(C)c(C)c1)S(C)(=O)=O. The van der Waals surface area contributed by atoms with E-state index in [1.165, 1.54) is 5.56 Å². The lowest BCUT2D eigenvalue weighted by atomic mass is 10.0. The van der Waals surface area contributed by atoms with Gasteiger partial charge in [-0.15, -0.1) is 0 Å². The quantitative estimate of drug-likeness (QED) is 0.732. The Labute approximate surface area is 167 Å². The maximum absolute atomic E-state index is 12.6. The van der Waals surface area contributed by atoms with E-state index in [0.717, 1.165) is 21.7 Å². The first-order valence-corrected chi connectivity index (χ1v) is 11.0. The second kappa shape index (κ2) is 9.10.